The van der Waals surface area contributed by atoms with Crippen molar-refractivity contribution in [1.29, 1.82) is 0 Å². The molecule has 0 radical (unpaired) electrons. The number of furan rings is 1. The fraction of sp³-hybridized carbons (Fsp3) is 0.571. The van der Waals surface area contributed by atoms with Gasteiger partial charge in [-0.3, -0.25) is 19.3 Å². The lowest BCUT2D eigenvalue weighted by atomic mass is 10.1. The zero-order chi connectivity index (χ0) is 20.2. The molecule has 0 saturated carbocycles. The number of thioether (sulfide) groups is 1. The smallest absolute Gasteiger partial charge is 0.294 e. The zero-order valence-corrected chi connectivity index (χ0v) is 17.4. The van der Waals surface area contributed by atoms with Gasteiger partial charge >= 0.3 is 0 Å². The van der Waals surface area contributed by atoms with Crippen LogP contribution < -0.4 is 4.90 Å². The molecule has 3 saturated heterocycles. The molecule has 29 heavy (non-hydrogen) atoms. The molecule has 1 aromatic rings. The van der Waals surface area contributed by atoms with E-state index >= 15 is 0 Å². The fourth-order valence-electron chi connectivity index (χ4n) is 4.02. The van der Waals surface area contributed by atoms with E-state index in [0.717, 1.165) is 67.7 Å². The summed E-state index contributed by atoms with van der Waals surface area (Å²) >= 11 is 0.868. The third-order valence-electron chi connectivity index (χ3n) is 5.68. The monoisotopic (exact) mass is 417 g/mol. The zero-order valence-electron chi connectivity index (χ0n) is 16.6. The van der Waals surface area contributed by atoms with Crippen LogP contribution in [-0.2, 0) is 9.59 Å². The second-order valence-corrected chi connectivity index (χ2v) is 8.78. The molecular weight excluding hydrogens is 390 g/mol. The van der Waals surface area contributed by atoms with Gasteiger partial charge in [0.1, 0.15) is 12.3 Å². The molecule has 0 bridgehead atoms. The summed E-state index contributed by atoms with van der Waals surface area (Å²) in [6.07, 6.45) is 9.48. The second-order valence-electron chi connectivity index (χ2n) is 7.79. The third kappa shape index (κ3) is 4.69. The number of amides is 3. The Hall–Kier alpha value is -2.22. The fourth-order valence-corrected chi connectivity index (χ4v) is 4.84. The Labute approximate surface area is 175 Å². The number of likely N-dealkylation sites (tertiary alicyclic amines) is 1. The van der Waals surface area contributed by atoms with Crippen LogP contribution in [0, 0.1) is 0 Å². The SMILES string of the molecule is O=C(CN1C(=O)S/C(=C\c2ccc(N3CCCCCC3)o2)C1=O)N1CCCCC1. The lowest BCUT2D eigenvalue weighted by Crippen LogP contribution is -2.44. The van der Waals surface area contributed by atoms with E-state index in [1.54, 1.807) is 11.0 Å². The molecule has 3 aliphatic rings. The van der Waals surface area contributed by atoms with Crippen molar-refractivity contribution in [1.82, 2.24) is 9.80 Å². The van der Waals surface area contributed by atoms with Gasteiger partial charge < -0.3 is 14.2 Å². The summed E-state index contributed by atoms with van der Waals surface area (Å²) < 4.78 is 5.91. The van der Waals surface area contributed by atoms with E-state index in [2.05, 4.69) is 4.90 Å². The largest absolute Gasteiger partial charge is 0.441 e. The van der Waals surface area contributed by atoms with E-state index in [0.29, 0.717) is 23.8 Å². The van der Waals surface area contributed by atoms with Gasteiger partial charge in [-0.15, -0.1) is 0 Å². The third-order valence-corrected chi connectivity index (χ3v) is 6.59. The highest BCUT2D eigenvalue weighted by Gasteiger charge is 2.37. The van der Waals surface area contributed by atoms with Crippen molar-refractivity contribution in [2.75, 3.05) is 37.6 Å². The van der Waals surface area contributed by atoms with Crippen LogP contribution >= 0.6 is 11.8 Å². The normalized spacial score (nSPS) is 22.5. The van der Waals surface area contributed by atoms with Gasteiger partial charge in [0.25, 0.3) is 11.1 Å². The predicted molar refractivity (Wildman–Crippen MR) is 112 cm³/mol. The van der Waals surface area contributed by atoms with E-state index in [4.69, 9.17) is 4.42 Å². The number of nitrogens with zero attached hydrogens (tertiary/aromatic N) is 3. The van der Waals surface area contributed by atoms with Crippen molar-refractivity contribution in [2.45, 2.75) is 44.9 Å². The van der Waals surface area contributed by atoms with Crippen molar-refractivity contribution < 1.29 is 18.8 Å². The van der Waals surface area contributed by atoms with E-state index in [9.17, 15) is 14.4 Å². The molecular formula is C21H27N3O4S. The van der Waals surface area contributed by atoms with Gasteiger partial charge in [-0.1, -0.05) is 12.8 Å². The summed E-state index contributed by atoms with van der Waals surface area (Å²) in [6.45, 7) is 3.18. The summed E-state index contributed by atoms with van der Waals surface area (Å²) in [4.78, 5) is 42.8. The molecule has 8 heteroatoms. The topological polar surface area (TPSA) is 74.1 Å². The van der Waals surface area contributed by atoms with Crippen molar-refractivity contribution in [2.24, 2.45) is 0 Å². The number of piperidine rings is 1. The average Bonchev–Trinajstić information content (AvgIpc) is 3.16. The molecule has 0 unspecified atom stereocenters. The number of hydrogen-bond donors (Lipinski definition) is 0. The van der Waals surface area contributed by atoms with Crippen LogP contribution in [0.3, 0.4) is 0 Å². The first-order valence-electron chi connectivity index (χ1n) is 10.5. The number of carbonyl (C=O) groups excluding carboxylic acids is 3. The summed E-state index contributed by atoms with van der Waals surface area (Å²) in [5.41, 5.74) is 0. The van der Waals surface area contributed by atoms with Crippen LogP contribution in [-0.4, -0.2) is 59.6 Å². The maximum absolute atomic E-state index is 12.7. The molecule has 4 rings (SSSR count). The first-order valence-corrected chi connectivity index (χ1v) is 11.3. The molecule has 3 aliphatic heterocycles. The number of rotatable bonds is 4. The van der Waals surface area contributed by atoms with Gasteiger partial charge in [0.2, 0.25) is 5.91 Å². The van der Waals surface area contributed by atoms with E-state index < -0.39 is 11.1 Å². The van der Waals surface area contributed by atoms with Crippen molar-refractivity contribution in [3.05, 3.63) is 22.8 Å². The average molecular weight is 418 g/mol. The Morgan fingerprint density at radius 2 is 1.62 bits per heavy atom. The molecule has 0 aromatic carbocycles. The van der Waals surface area contributed by atoms with Gasteiger partial charge in [-0.25, -0.2) is 0 Å². The minimum absolute atomic E-state index is 0.158. The van der Waals surface area contributed by atoms with Gasteiger partial charge in [-0.2, -0.15) is 0 Å². The predicted octanol–water partition coefficient (Wildman–Crippen LogP) is 3.71. The maximum atomic E-state index is 12.7. The Morgan fingerprint density at radius 3 is 2.34 bits per heavy atom. The summed E-state index contributed by atoms with van der Waals surface area (Å²) in [6, 6.07) is 3.74. The van der Waals surface area contributed by atoms with Crippen LogP contribution in [0.15, 0.2) is 21.5 Å². The number of anilines is 1. The Kier molecular flexibility index (Phi) is 6.28. The lowest BCUT2D eigenvalue weighted by molar-refractivity contribution is -0.136. The highest BCUT2D eigenvalue weighted by molar-refractivity contribution is 8.18. The first-order chi connectivity index (χ1) is 14.1. The molecule has 156 valence electrons. The minimum Gasteiger partial charge on any atom is -0.441 e. The quantitative estimate of drug-likeness (QED) is 0.696. The standard InChI is InChI=1S/C21H27N3O4S/c25-18(22-10-6-3-7-11-22)15-24-20(26)17(29-21(24)27)14-16-8-9-19(28-16)23-12-4-1-2-5-13-23/h8-9,14H,1-7,10-13,15H2/b17-14-. The molecule has 1 aromatic heterocycles. The van der Waals surface area contributed by atoms with Crippen molar-refractivity contribution >= 4 is 40.8 Å². The molecule has 0 spiro atoms. The maximum Gasteiger partial charge on any atom is 0.294 e. The van der Waals surface area contributed by atoms with Crippen molar-refractivity contribution in [3.63, 3.8) is 0 Å². The van der Waals surface area contributed by atoms with Crippen LogP contribution in [0.5, 0.6) is 0 Å². The van der Waals surface area contributed by atoms with Crippen LogP contribution in [0.2, 0.25) is 0 Å². The molecule has 3 fully saturated rings. The molecule has 0 atom stereocenters. The molecule has 3 amide bonds. The number of hydrogen-bond acceptors (Lipinski definition) is 6. The Bertz CT molecular complexity index is 805. The Balaban J connectivity index is 1.41. The van der Waals surface area contributed by atoms with Crippen LogP contribution in [0.25, 0.3) is 6.08 Å². The van der Waals surface area contributed by atoms with Gasteiger partial charge in [0.15, 0.2) is 5.88 Å². The Morgan fingerprint density at radius 1 is 0.966 bits per heavy atom. The highest BCUT2D eigenvalue weighted by Crippen LogP contribution is 2.33. The van der Waals surface area contributed by atoms with Crippen molar-refractivity contribution in [3.8, 4) is 0 Å². The second kappa shape index (κ2) is 9.07. The van der Waals surface area contributed by atoms with Gasteiger partial charge in [0, 0.05) is 38.3 Å². The van der Waals surface area contributed by atoms with Gasteiger partial charge in [0.05, 0.1) is 4.91 Å². The lowest BCUT2D eigenvalue weighted by Gasteiger charge is -2.27. The molecule has 4 heterocycles. The van der Waals surface area contributed by atoms with Gasteiger partial charge in [-0.05, 0) is 49.9 Å². The van der Waals surface area contributed by atoms with E-state index in [1.807, 2.05) is 12.1 Å². The van der Waals surface area contributed by atoms with E-state index in [-0.39, 0.29) is 12.5 Å². The summed E-state index contributed by atoms with van der Waals surface area (Å²) in [7, 11) is 0. The molecule has 7 nitrogen and oxygen atoms in total. The first kappa shape index (κ1) is 20.1. The van der Waals surface area contributed by atoms with Crippen LogP contribution in [0.4, 0.5) is 10.7 Å². The van der Waals surface area contributed by atoms with E-state index in [1.165, 1.54) is 12.8 Å². The van der Waals surface area contributed by atoms with Crippen LogP contribution in [0.1, 0.15) is 50.7 Å². The number of carbonyl (C=O) groups is 3. The highest BCUT2D eigenvalue weighted by atomic mass is 32.2. The molecule has 0 aliphatic carbocycles. The minimum atomic E-state index is -0.418. The number of imide groups is 1. The summed E-state index contributed by atoms with van der Waals surface area (Å²) in [5.74, 6) is 0.780. The molecule has 0 N–H and O–H groups in total. The summed E-state index contributed by atoms with van der Waals surface area (Å²) in [5, 5.41) is -0.397.